The molecule has 2 aliphatic rings. The van der Waals surface area contributed by atoms with Crippen molar-refractivity contribution in [1.29, 1.82) is 0 Å². The zero-order valence-corrected chi connectivity index (χ0v) is 18.8. The van der Waals surface area contributed by atoms with Gasteiger partial charge in [-0.05, 0) is 18.6 Å². The maximum Gasteiger partial charge on any atom is 0.164 e. The summed E-state index contributed by atoms with van der Waals surface area (Å²) >= 11 is 0. The molecule has 0 radical (unpaired) electrons. The normalized spacial score (nSPS) is 21.4. The Morgan fingerprint density at radius 3 is 2.10 bits per heavy atom. The average Bonchev–Trinajstić information content (AvgIpc) is 2.82. The van der Waals surface area contributed by atoms with Gasteiger partial charge in [0.25, 0.3) is 0 Å². The zero-order valence-electron chi connectivity index (χ0n) is 18.8. The minimum Gasteiger partial charge on any atom is -0.496 e. The smallest absolute Gasteiger partial charge is 0.164 e. The summed E-state index contributed by atoms with van der Waals surface area (Å²) in [7, 11) is 6.66. The summed E-state index contributed by atoms with van der Waals surface area (Å²) in [4.78, 5) is 4.75. The maximum absolute atomic E-state index is 11.0. The lowest BCUT2D eigenvalue weighted by molar-refractivity contribution is 0.0383. The number of benzene rings is 2. The highest BCUT2D eigenvalue weighted by molar-refractivity contribution is 5.60. The first-order chi connectivity index (χ1) is 15.1. The summed E-state index contributed by atoms with van der Waals surface area (Å²) in [5.41, 5.74) is 3.20. The van der Waals surface area contributed by atoms with Crippen LogP contribution in [0.1, 0.15) is 11.1 Å². The van der Waals surface area contributed by atoms with Gasteiger partial charge in [-0.2, -0.15) is 0 Å². The quantitative estimate of drug-likeness (QED) is 0.758. The van der Waals surface area contributed by atoms with Crippen LogP contribution in [0.2, 0.25) is 0 Å². The Labute approximate surface area is 184 Å². The van der Waals surface area contributed by atoms with Crippen LogP contribution in [0.25, 0.3) is 0 Å². The van der Waals surface area contributed by atoms with Crippen molar-refractivity contribution in [3.63, 3.8) is 0 Å². The third kappa shape index (κ3) is 4.00. The molecule has 2 aromatic rings. The number of rotatable bonds is 6. The van der Waals surface area contributed by atoms with Crippen molar-refractivity contribution in [3.05, 3.63) is 41.5 Å². The monoisotopic (exact) mass is 428 g/mol. The number of aliphatic hydroxyl groups excluding tert-OH is 1. The minimum absolute atomic E-state index is 0.0260. The van der Waals surface area contributed by atoms with E-state index in [0.29, 0.717) is 18.6 Å². The van der Waals surface area contributed by atoms with E-state index in [1.165, 1.54) is 0 Å². The van der Waals surface area contributed by atoms with E-state index in [9.17, 15) is 5.11 Å². The molecule has 1 N–H and O–H groups in total. The average molecular weight is 429 g/mol. The second-order valence-electron chi connectivity index (χ2n) is 8.01. The van der Waals surface area contributed by atoms with Crippen molar-refractivity contribution in [1.82, 2.24) is 4.90 Å². The Morgan fingerprint density at radius 2 is 1.45 bits per heavy atom. The number of anilines is 1. The van der Waals surface area contributed by atoms with E-state index in [0.717, 1.165) is 60.2 Å². The molecule has 4 rings (SSSR count). The van der Waals surface area contributed by atoms with Crippen molar-refractivity contribution >= 4 is 5.69 Å². The molecule has 0 spiro atoms. The largest absolute Gasteiger partial charge is 0.496 e. The molecular weight excluding hydrogens is 396 g/mol. The number of nitrogens with zero attached hydrogens (tertiary/aromatic N) is 2. The van der Waals surface area contributed by atoms with Crippen LogP contribution < -0.4 is 23.8 Å². The lowest BCUT2D eigenvalue weighted by atomic mass is 9.83. The van der Waals surface area contributed by atoms with Gasteiger partial charge in [-0.1, -0.05) is 12.1 Å². The molecule has 0 unspecified atom stereocenters. The highest BCUT2D eigenvalue weighted by Gasteiger charge is 2.37. The van der Waals surface area contributed by atoms with Crippen molar-refractivity contribution in [2.75, 3.05) is 59.5 Å². The first kappa shape index (κ1) is 21.6. The number of hydrogen-bond acceptors (Lipinski definition) is 7. The summed E-state index contributed by atoms with van der Waals surface area (Å²) < 4.78 is 22.4. The van der Waals surface area contributed by atoms with Crippen LogP contribution in [0.4, 0.5) is 5.69 Å². The Balaban J connectivity index is 1.54. The van der Waals surface area contributed by atoms with Crippen LogP contribution in [-0.4, -0.2) is 76.8 Å². The van der Waals surface area contributed by atoms with E-state index in [2.05, 4.69) is 15.9 Å². The fourth-order valence-corrected chi connectivity index (χ4v) is 4.95. The summed E-state index contributed by atoms with van der Waals surface area (Å²) in [5.74, 6) is 3.04. The Kier molecular flexibility index (Phi) is 6.43. The fourth-order valence-electron chi connectivity index (χ4n) is 4.95. The molecule has 0 saturated carbocycles. The molecule has 7 heteroatoms. The number of piperazine rings is 1. The van der Waals surface area contributed by atoms with E-state index >= 15 is 0 Å². The summed E-state index contributed by atoms with van der Waals surface area (Å²) in [6.07, 6.45) is 0.773. The van der Waals surface area contributed by atoms with Gasteiger partial charge in [0.05, 0.1) is 40.2 Å². The summed E-state index contributed by atoms with van der Waals surface area (Å²) in [5, 5.41) is 11.0. The van der Waals surface area contributed by atoms with Gasteiger partial charge in [0.1, 0.15) is 11.5 Å². The lowest BCUT2D eigenvalue weighted by Crippen LogP contribution is -2.56. The topological polar surface area (TPSA) is 63.6 Å². The predicted octanol–water partition coefficient (Wildman–Crippen LogP) is 2.37. The first-order valence-corrected chi connectivity index (χ1v) is 10.7. The van der Waals surface area contributed by atoms with E-state index in [-0.39, 0.29) is 6.04 Å². The van der Waals surface area contributed by atoms with Crippen LogP contribution in [0, 0.1) is 0 Å². The number of aliphatic hydroxyl groups is 1. The minimum atomic E-state index is -0.461. The summed E-state index contributed by atoms with van der Waals surface area (Å²) in [6.45, 7) is 3.51. The molecule has 1 heterocycles. The van der Waals surface area contributed by atoms with Crippen LogP contribution >= 0.6 is 0 Å². The second kappa shape index (κ2) is 9.24. The van der Waals surface area contributed by atoms with Crippen LogP contribution in [-0.2, 0) is 12.8 Å². The fraction of sp³-hybridized carbons (Fsp3) is 0.500. The Hall–Kier alpha value is -2.64. The molecule has 7 nitrogen and oxygen atoms in total. The maximum atomic E-state index is 11.0. The lowest BCUT2D eigenvalue weighted by Gasteiger charge is -2.44. The van der Waals surface area contributed by atoms with Crippen LogP contribution in [0.5, 0.6) is 23.0 Å². The molecule has 0 amide bonds. The molecule has 1 fully saturated rings. The molecule has 168 valence electrons. The van der Waals surface area contributed by atoms with Crippen molar-refractivity contribution in [3.8, 4) is 23.0 Å². The van der Waals surface area contributed by atoms with E-state index in [1.54, 1.807) is 28.4 Å². The number of hydrogen-bond donors (Lipinski definition) is 1. The molecule has 31 heavy (non-hydrogen) atoms. The van der Waals surface area contributed by atoms with Gasteiger partial charge in [0.15, 0.2) is 11.5 Å². The highest BCUT2D eigenvalue weighted by Crippen LogP contribution is 2.44. The number of fused-ring (bicyclic) bond motifs is 1. The molecule has 1 aliphatic carbocycles. The van der Waals surface area contributed by atoms with Gasteiger partial charge in [0.2, 0.25) is 0 Å². The van der Waals surface area contributed by atoms with Crippen molar-refractivity contribution in [2.45, 2.75) is 25.0 Å². The molecular formula is C24H32N2O5. The first-order valence-electron chi connectivity index (χ1n) is 10.7. The van der Waals surface area contributed by atoms with E-state index in [1.807, 2.05) is 24.3 Å². The number of methoxy groups -OCH3 is 4. The molecule has 2 atom stereocenters. The molecule has 0 bridgehead atoms. The highest BCUT2D eigenvalue weighted by atomic mass is 16.5. The molecule has 0 aromatic heterocycles. The molecule has 2 aromatic carbocycles. The number of ether oxygens (including phenoxy) is 4. The van der Waals surface area contributed by atoms with Gasteiger partial charge in [-0.3, -0.25) is 4.90 Å². The van der Waals surface area contributed by atoms with E-state index in [4.69, 9.17) is 18.9 Å². The SMILES string of the molecule is COc1ccccc1N1CCN([C@@H]2Cc3c(c(OC)cc(OC)c3OC)C[C@H]2O)CC1. The third-order valence-corrected chi connectivity index (χ3v) is 6.55. The van der Waals surface area contributed by atoms with Crippen molar-refractivity contribution in [2.24, 2.45) is 0 Å². The zero-order chi connectivity index (χ0) is 22.0. The molecule has 1 aliphatic heterocycles. The van der Waals surface area contributed by atoms with Gasteiger partial charge in [-0.15, -0.1) is 0 Å². The van der Waals surface area contributed by atoms with Gasteiger partial charge in [0, 0.05) is 55.8 Å². The third-order valence-electron chi connectivity index (χ3n) is 6.55. The van der Waals surface area contributed by atoms with Gasteiger partial charge >= 0.3 is 0 Å². The Bertz CT molecular complexity index is 911. The van der Waals surface area contributed by atoms with E-state index < -0.39 is 6.10 Å². The Morgan fingerprint density at radius 1 is 0.774 bits per heavy atom. The van der Waals surface area contributed by atoms with Gasteiger partial charge < -0.3 is 29.0 Å². The summed E-state index contributed by atoms with van der Waals surface area (Å²) in [6, 6.07) is 10.00. The number of para-hydroxylation sites is 2. The van der Waals surface area contributed by atoms with Gasteiger partial charge in [-0.25, -0.2) is 0 Å². The van der Waals surface area contributed by atoms with Crippen LogP contribution in [0.3, 0.4) is 0 Å². The second-order valence-corrected chi connectivity index (χ2v) is 8.01. The van der Waals surface area contributed by atoms with Crippen LogP contribution in [0.15, 0.2) is 30.3 Å². The molecule has 1 saturated heterocycles. The van der Waals surface area contributed by atoms with Crippen molar-refractivity contribution < 1.29 is 24.1 Å². The predicted molar refractivity (Wildman–Crippen MR) is 120 cm³/mol. The standard InChI is InChI=1S/C24H32N2O5/c1-28-21-8-6-5-7-18(21)25-9-11-26(12-10-25)19-13-17-16(14-20(19)27)22(29-2)15-23(30-3)24(17)31-4/h5-8,15,19-20,27H,9-14H2,1-4H3/t19-,20-/m1/s1.